The Hall–Kier alpha value is -3.15. The lowest BCUT2D eigenvalue weighted by atomic mass is 10.1. The molecule has 0 aliphatic rings. The molecule has 0 bridgehead atoms. The van der Waals surface area contributed by atoms with Crippen LogP contribution in [0, 0.1) is 0 Å². The van der Waals surface area contributed by atoms with Crippen LogP contribution in [0.25, 0.3) is 0 Å². The maximum Gasteiger partial charge on any atom is 0.306 e. The van der Waals surface area contributed by atoms with E-state index in [1.807, 2.05) is 0 Å². The first kappa shape index (κ1) is 59.9. The Kier molecular flexibility index (Phi) is 48.9. The van der Waals surface area contributed by atoms with Crippen LogP contribution >= 0.6 is 0 Å². The second kappa shape index (κ2) is 51.5. The van der Waals surface area contributed by atoms with E-state index < -0.39 is 6.10 Å². The molecule has 63 heavy (non-hydrogen) atoms. The summed E-state index contributed by atoms with van der Waals surface area (Å²) in [5.41, 5.74) is 0. The predicted molar refractivity (Wildman–Crippen MR) is 270 cm³/mol. The first-order valence-corrected chi connectivity index (χ1v) is 26.4. The first-order valence-electron chi connectivity index (χ1n) is 26.4. The van der Waals surface area contributed by atoms with Crippen molar-refractivity contribution in [2.24, 2.45) is 0 Å². The summed E-state index contributed by atoms with van der Waals surface area (Å²) >= 11 is 0. The molecular formula is C57H98O6. The summed E-state index contributed by atoms with van der Waals surface area (Å²) in [4.78, 5) is 38.0. The van der Waals surface area contributed by atoms with E-state index in [9.17, 15) is 14.4 Å². The molecule has 362 valence electrons. The van der Waals surface area contributed by atoms with Gasteiger partial charge in [0.05, 0.1) is 0 Å². The summed E-state index contributed by atoms with van der Waals surface area (Å²) in [6.45, 7) is 6.52. The summed E-state index contributed by atoms with van der Waals surface area (Å²) in [6.07, 6.45) is 64.5. The number of carbonyl (C=O) groups is 3. The van der Waals surface area contributed by atoms with Gasteiger partial charge in [-0.2, -0.15) is 0 Å². The maximum atomic E-state index is 12.8. The van der Waals surface area contributed by atoms with Crippen molar-refractivity contribution >= 4 is 17.9 Å². The van der Waals surface area contributed by atoms with E-state index in [1.165, 1.54) is 122 Å². The fourth-order valence-electron chi connectivity index (χ4n) is 7.12. The minimum Gasteiger partial charge on any atom is -0.462 e. The molecule has 6 nitrogen and oxygen atoms in total. The second-order valence-electron chi connectivity index (χ2n) is 17.4. The van der Waals surface area contributed by atoms with Gasteiger partial charge < -0.3 is 14.2 Å². The Labute approximate surface area is 389 Å². The van der Waals surface area contributed by atoms with E-state index in [-0.39, 0.29) is 37.5 Å². The van der Waals surface area contributed by atoms with Gasteiger partial charge in [0.25, 0.3) is 0 Å². The van der Waals surface area contributed by atoms with Crippen molar-refractivity contribution in [2.75, 3.05) is 13.2 Å². The average Bonchev–Trinajstić information content (AvgIpc) is 3.28. The number of esters is 3. The standard InChI is InChI=1S/C57H98O6/c1-4-7-10-13-16-19-22-25-27-28-30-32-35-38-41-44-47-50-56(59)62-53-54(52-61-55(58)49-46-43-40-37-34-31-24-21-18-15-12-9-6-3)63-57(60)51-48-45-42-39-36-33-29-26-23-20-17-14-11-8-5-2/h16-17,19-21,24-27,29,36,39,54H,4-15,18,22-23,28,30-35,37-38,40-53H2,1-3H3/b19-16-,20-17-,24-21-,27-25-,29-26-,39-36-/t54-/m0/s1. The van der Waals surface area contributed by atoms with E-state index in [0.717, 1.165) is 83.5 Å². The van der Waals surface area contributed by atoms with Crippen LogP contribution < -0.4 is 0 Å². The van der Waals surface area contributed by atoms with Gasteiger partial charge in [-0.25, -0.2) is 0 Å². The zero-order valence-corrected chi connectivity index (χ0v) is 41.3. The molecule has 0 aromatic rings. The van der Waals surface area contributed by atoms with Crippen molar-refractivity contribution in [3.05, 3.63) is 72.9 Å². The SMILES string of the molecule is CCCCC/C=C\C/C=C\C/C=C\CCCCC(=O)O[C@@H](COC(=O)CCCCCCC/C=C\CCCCCC)COC(=O)CCCCCCCCC/C=C\C/C=C\CCCCC. The molecule has 0 radical (unpaired) electrons. The summed E-state index contributed by atoms with van der Waals surface area (Å²) in [6, 6.07) is 0. The monoisotopic (exact) mass is 879 g/mol. The minimum atomic E-state index is -0.801. The van der Waals surface area contributed by atoms with E-state index in [0.29, 0.717) is 19.3 Å². The molecule has 0 aromatic heterocycles. The van der Waals surface area contributed by atoms with Gasteiger partial charge in [0.1, 0.15) is 13.2 Å². The molecule has 0 amide bonds. The highest BCUT2D eigenvalue weighted by Crippen LogP contribution is 2.13. The lowest BCUT2D eigenvalue weighted by Gasteiger charge is -2.18. The lowest BCUT2D eigenvalue weighted by Crippen LogP contribution is -2.30. The van der Waals surface area contributed by atoms with Gasteiger partial charge in [0.2, 0.25) is 0 Å². The normalized spacial score (nSPS) is 12.6. The van der Waals surface area contributed by atoms with Crippen molar-refractivity contribution in [3.63, 3.8) is 0 Å². The van der Waals surface area contributed by atoms with Gasteiger partial charge in [-0.05, 0) is 116 Å². The van der Waals surface area contributed by atoms with E-state index >= 15 is 0 Å². The van der Waals surface area contributed by atoms with Crippen molar-refractivity contribution in [2.45, 2.75) is 258 Å². The number of rotatable bonds is 47. The molecule has 0 fully saturated rings. The average molecular weight is 879 g/mol. The van der Waals surface area contributed by atoms with Crippen molar-refractivity contribution in [3.8, 4) is 0 Å². The van der Waals surface area contributed by atoms with Gasteiger partial charge >= 0.3 is 17.9 Å². The lowest BCUT2D eigenvalue weighted by molar-refractivity contribution is -0.167. The van der Waals surface area contributed by atoms with Gasteiger partial charge in [0.15, 0.2) is 6.10 Å². The van der Waals surface area contributed by atoms with Gasteiger partial charge in [-0.3, -0.25) is 14.4 Å². The number of allylic oxidation sites excluding steroid dienone is 12. The van der Waals surface area contributed by atoms with Crippen LogP contribution in [0.4, 0.5) is 0 Å². The van der Waals surface area contributed by atoms with E-state index in [1.54, 1.807) is 0 Å². The number of ether oxygens (including phenoxy) is 3. The highest BCUT2D eigenvalue weighted by atomic mass is 16.6. The molecule has 6 heteroatoms. The molecule has 0 aromatic carbocycles. The Morgan fingerprint density at radius 3 is 0.968 bits per heavy atom. The highest BCUT2D eigenvalue weighted by molar-refractivity contribution is 5.71. The molecule has 0 N–H and O–H groups in total. The Morgan fingerprint density at radius 2 is 0.571 bits per heavy atom. The molecule has 0 saturated carbocycles. The Bertz CT molecular complexity index is 1190. The van der Waals surface area contributed by atoms with E-state index in [2.05, 4.69) is 93.7 Å². The van der Waals surface area contributed by atoms with Gasteiger partial charge in [-0.15, -0.1) is 0 Å². The Morgan fingerprint density at radius 1 is 0.317 bits per heavy atom. The summed E-state index contributed by atoms with van der Waals surface area (Å²) in [5.74, 6) is -0.950. The third-order valence-electron chi connectivity index (χ3n) is 11.2. The molecule has 0 unspecified atom stereocenters. The minimum absolute atomic E-state index is 0.0976. The largest absolute Gasteiger partial charge is 0.462 e. The first-order chi connectivity index (χ1) is 31.0. The fraction of sp³-hybridized carbons (Fsp3) is 0.737. The van der Waals surface area contributed by atoms with Crippen LogP contribution in [0.1, 0.15) is 252 Å². The van der Waals surface area contributed by atoms with Crippen molar-refractivity contribution < 1.29 is 28.6 Å². The summed E-state index contributed by atoms with van der Waals surface area (Å²) in [5, 5.41) is 0. The molecule has 0 rings (SSSR count). The van der Waals surface area contributed by atoms with Crippen LogP contribution in [0.15, 0.2) is 72.9 Å². The van der Waals surface area contributed by atoms with Crippen LogP contribution in [0.2, 0.25) is 0 Å². The second-order valence-corrected chi connectivity index (χ2v) is 17.4. The molecule has 1 atom stereocenters. The maximum absolute atomic E-state index is 12.8. The molecule has 0 spiro atoms. The molecule has 0 aliphatic carbocycles. The smallest absolute Gasteiger partial charge is 0.306 e. The van der Waals surface area contributed by atoms with Crippen molar-refractivity contribution in [1.82, 2.24) is 0 Å². The number of hydrogen-bond donors (Lipinski definition) is 0. The number of unbranched alkanes of at least 4 members (excludes halogenated alkanes) is 24. The number of carbonyl (C=O) groups excluding carboxylic acids is 3. The van der Waals surface area contributed by atoms with Crippen LogP contribution in [0.3, 0.4) is 0 Å². The zero-order chi connectivity index (χ0) is 45.8. The van der Waals surface area contributed by atoms with Crippen molar-refractivity contribution in [1.29, 1.82) is 0 Å². The van der Waals surface area contributed by atoms with E-state index in [4.69, 9.17) is 14.2 Å². The number of hydrogen-bond acceptors (Lipinski definition) is 6. The quantitative estimate of drug-likeness (QED) is 0.0262. The molecular weight excluding hydrogens is 781 g/mol. The molecule has 0 saturated heterocycles. The van der Waals surface area contributed by atoms with Gasteiger partial charge in [-0.1, -0.05) is 190 Å². The van der Waals surface area contributed by atoms with Crippen LogP contribution in [-0.2, 0) is 28.6 Å². The highest BCUT2D eigenvalue weighted by Gasteiger charge is 2.19. The van der Waals surface area contributed by atoms with Crippen LogP contribution in [0.5, 0.6) is 0 Å². The van der Waals surface area contributed by atoms with Gasteiger partial charge in [0, 0.05) is 19.3 Å². The molecule has 0 aliphatic heterocycles. The third kappa shape index (κ3) is 49.7. The summed E-state index contributed by atoms with van der Waals surface area (Å²) < 4.78 is 16.8. The topological polar surface area (TPSA) is 78.9 Å². The third-order valence-corrected chi connectivity index (χ3v) is 11.2. The van der Waals surface area contributed by atoms with Crippen LogP contribution in [-0.4, -0.2) is 37.2 Å². The zero-order valence-electron chi connectivity index (χ0n) is 41.3. The Balaban J connectivity index is 4.46. The fourth-order valence-corrected chi connectivity index (χ4v) is 7.12. The predicted octanol–water partition coefficient (Wildman–Crippen LogP) is 17.4. The molecule has 0 heterocycles. The summed E-state index contributed by atoms with van der Waals surface area (Å²) in [7, 11) is 0.